The first-order valence-corrected chi connectivity index (χ1v) is 27.2. The van der Waals surface area contributed by atoms with Crippen LogP contribution in [0.5, 0.6) is 0 Å². The van der Waals surface area contributed by atoms with E-state index in [-0.39, 0.29) is 18.5 Å². The van der Waals surface area contributed by atoms with Gasteiger partial charge in [-0.25, -0.2) is 0 Å². The van der Waals surface area contributed by atoms with Gasteiger partial charge in [-0.1, -0.05) is 224 Å². The molecular weight excluding hydrogens is 767 g/mol. The summed E-state index contributed by atoms with van der Waals surface area (Å²) in [5, 5.41) is 23.3. The van der Waals surface area contributed by atoms with Crippen LogP contribution in [-0.2, 0) is 14.3 Å². The Morgan fingerprint density at radius 2 is 0.823 bits per heavy atom. The van der Waals surface area contributed by atoms with Crippen molar-refractivity contribution in [3.05, 3.63) is 36.5 Å². The number of ether oxygens (including phenoxy) is 1. The van der Waals surface area contributed by atoms with Crippen molar-refractivity contribution in [3.63, 3.8) is 0 Å². The van der Waals surface area contributed by atoms with Gasteiger partial charge in [0.1, 0.15) is 0 Å². The van der Waals surface area contributed by atoms with Crippen LogP contribution in [0.4, 0.5) is 0 Å². The molecule has 3 N–H and O–H groups in total. The van der Waals surface area contributed by atoms with E-state index in [2.05, 4.69) is 55.6 Å². The number of aliphatic hydroxyl groups excluding tert-OH is 2. The summed E-state index contributed by atoms with van der Waals surface area (Å²) in [6, 6.07) is -0.562. The maximum Gasteiger partial charge on any atom is 0.305 e. The maximum atomic E-state index is 12.5. The van der Waals surface area contributed by atoms with Crippen molar-refractivity contribution in [1.29, 1.82) is 0 Å². The lowest BCUT2D eigenvalue weighted by Crippen LogP contribution is -2.45. The van der Waals surface area contributed by atoms with Crippen molar-refractivity contribution >= 4 is 11.9 Å². The Bertz CT molecular complexity index is 1010. The number of hydrogen-bond donors (Lipinski definition) is 3. The number of nitrogens with one attached hydrogen (secondary N) is 1. The summed E-state index contributed by atoms with van der Waals surface area (Å²) in [6.07, 6.45) is 62.6. The quantitative estimate of drug-likeness (QED) is 0.0321. The van der Waals surface area contributed by atoms with Crippen LogP contribution < -0.4 is 5.32 Å². The first-order valence-electron chi connectivity index (χ1n) is 27.2. The lowest BCUT2D eigenvalue weighted by molar-refractivity contribution is -0.143. The van der Waals surface area contributed by atoms with Crippen molar-refractivity contribution in [2.24, 2.45) is 0 Å². The second-order valence-corrected chi connectivity index (χ2v) is 18.6. The predicted octanol–water partition coefficient (Wildman–Crippen LogP) is 16.5. The van der Waals surface area contributed by atoms with Crippen molar-refractivity contribution < 1.29 is 24.5 Å². The van der Waals surface area contributed by atoms with E-state index in [1.807, 2.05) is 0 Å². The third-order valence-corrected chi connectivity index (χ3v) is 12.4. The summed E-state index contributed by atoms with van der Waals surface area (Å²) in [4.78, 5) is 24.5. The minimum absolute atomic E-state index is 0.0373. The van der Waals surface area contributed by atoms with E-state index in [9.17, 15) is 19.8 Å². The number of aliphatic hydroxyl groups is 2. The molecule has 0 aromatic carbocycles. The summed E-state index contributed by atoms with van der Waals surface area (Å²) in [7, 11) is 0. The Hall–Kier alpha value is -1.92. The van der Waals surface area contributed by atoms with Crippen molar-refractivity contribution in [3.8, 4) is 0 Å². The predicted molar refractivity (Wildman–Crippen MR) is 269 cm³/mol. The monoisotopic (exact) mass is 872 g/mol. The third kappa shape index (κ3) is 47.6. The Kier molecular flexibility index (Phi) is 50.1. The number of allylic oxidation sites excluding steroid dienone is 6. The fourth-order valence-electron chi connectivity index (χ4n) is 8.18. The zero-order valence-corrected chi connectivity index (χ0v) is 41.4. The van der Waals surface area contributed by atoms with Gasteiger partial charge in [-0.3, -0.25) is 9.59 Å². The van der Waals surface area contributed by atoms with Crippen LogP contribution in [0.2, 0.25) is 0 Å². The zero-order chi connectivity index (χ0) is 45.1. The largest absolute Gasteiger partial charge is 0.466 e. The maximum absolute atomic E-state index is 12.5. The molecule has 6 nitrogen and oxygen atoms in total. The highest BCUT2D eigenvalue weighted by atomic mass is 16.5. The molecule has 0 bridgehead atoms. The van der Waals surface area contributed by atoms with Gasteiger partial charge in [0, 0.05) is 12.8 Å². The molecule has 0 radical (unpaired) electrons. The van der Waals surface area contributed by atoms with E-state index in [0.717, 1.165) is 89.9 Å². The van der Waals surface area contributed by atoms with Gasteiger partial charge in [0.15, 0.2) is 0 Å². The summed E-state index contributed by atoms with van der Waals surface area (Å²) in [5.41, 5.74) is 0. The average Bonchev–Trinajstić information content (AvgIpc) is 3.27. The van der Waals surface area contributed by atoms with Gasteiger partial charge in [0.2, 0.25) is 5.91 Å². The standard InChI is InChI=1S/C56H105NO5/c1-3-5-7-9-11-13-15-17-19-20-21-22-23-24-28-32-36-40-44-48-54(59)53(52-58)57-55(60)49-45-41-37-33-29-26-27-31-35-39-43-47-51-62-56(61)50-46-42-38-34-30-25-18-16-14-12-10-8-6-4-2/h10,12,16,18,27,31,53-54,58-59H,3-9,11,13-15,17,19-26,28-30,32-52H2,1-2H3,(H,57,60)/b12-10-,18-16-,31-27-. The Morgan fingerprint density at radius 3 is 1.29 bits per heavy atom. The third-order valence-electron chi connectivity index (χ3n) is 12.4. The normalized spacial score (nSPS) is 12.9. The van der Waals surface area contributed by atoms with Crippen LogP contribution >= 0.6 is 0 Å². The first-order chi connectivity index (χ1) is 30.5. The van der Waals surface area contributed by atoms with Gasteiger partial charge in [-0.05, 0) is 83.5 Å². The topological polar surface area (TPSA) is 95.9 Å². The number of rotatable bonds is 50. The number of carbonyl (C=O) groups is 2. The molecule has 2 atom stereocenters. The number of hydrogen-bond acceptors (Lipinski definition) is 5. The van der Waals surface area contributed by atoms with Crippen molar-refractivity contribution in [2.75, 3.05) is 13.2 Å². The fourth-order valence-corrected chi connectivity index (χ4v) is 8.18. The van der Waals surface area contributed by atoms with E-state index in [1.165, 1.54) is 161 Å². The molecule has 0 fully saturated rings. The van der Waals surface area contributed by atoms with Gasteiger partial charge in [-0.2, -0.15) is 0 Å². The molecule has 1 amide bonds. The van der Waals surface area contributed by atoms with E-state index >= 15 is 0 Å². The number of unbranched alkanes of at least 4 members (excludes halogenated alkanes) is 33. The molecule has 6 heteroatoms. The second-order valence-electron chi connectivity index (χ2n) is 18.6. The van der Waals surface area contributed by atoms with Crippen LogP contribution in [0.15, 0.2) is 36.5 Å². The highest BCUT2D eigenvalue weighted by molar-refractivity contribution is 5.76. The lowest BCUT2D eigenvalue weighted by atomic mass is 10.0. The molecule has 0 aliphatic heterocycles. The highest BCUT2D eigenvalue weighted by Crippen LogP contribution is 2.16. The van der Waals surface area contributed by atoms with E-state index in [1.54, 1.807) is 0 Å². The molecule has 0 rings (SSSR count). The fraction of sp³-hybridized carbons (Fsp3) is 0.857. The van der Waals surface area contributed by atoms with E-state index in [0.29, 0.717) is 25.9 Å². The number of amides is 1. The van der Waals surface area contributed by atoms with Crippen LogP contribution in [-0.4, -0.2) is 47.4 Å². The van der Waals surface area contributed by atoms with Gasteiger partial charge < -0.3 is 20.3 Å². The highest BCUT2D eigenvalue weighted by Gasteiger charge is 2.20. The molecule has 62 heavy (non-hydrogen) atoms. The molecule has 0 saturated carbocycles. The lowest BCUT2D eigenvalue weighted by Gasteiger charge is -2.22. The molecule has 0 aliphatic rings. The van der Waals surface area contributed by atoms with Gasteiger partial charge in [0.25, 0.3) is 0 Å². The molecule has 0 aromatic heterocycles. The summed E-state index contributed by atoms with van der Waals surface area (Å²) in [6.45, 7) is 4.85. The smallest absolute Gasteiger partial charge is 0.305 e. The Labute approximate surface area is 385 Å². The molecular formula is C56H105NO5. The number of carbonyl (C=O) groups excluding carboxylic acids is 2. The minimum atomic E-state index is -0.682. The first kappa shape index (κ1) is 60.1. The molecule has 0 aliphatic carbocycles. The molecule has 2 unspecified atom stereocenters. The Balaban J connectivity index is 3.52. The van der Waals surface area contributed by atoms with Gasteiger partial charge >= 0.3 is 5.97 Å². The summed E-state index contributed by atoms with van der Waals surface area (Å²) < 4.78 is 5.43. The van der Waals surface area contributed by atoms with Crippen LogP contribution in [0, 0.1) is 0 Å². The Morgan fingerprint density at radius 1 is 0.452 bits per heavy atom. The molecule has 0 spiro atoms. The minimum Gasteiger partial charge on any atom is -0.466 e. The average molecular weight is 872 g/mol. The molecule has 364 valence electrons. The van der Waals surface area contributed by atoms with Crippen LogP contribution in [0.25, 0.3) is 0 Å². The summed E-state index contributed by atoms with van der Waals surface area (Å²) >= 11 is 0. The van der Waals surface area contributed by atoms with E-state index < -0.39 is 12.1 Å². The molecule has 0 heterocycles. The van der Waals surface area contributed by atoms with E-state index in [4.69, 9.17) is 4.74 Å². The molecule has 0 aromatic rings. The van der Waals surface area contributed by atoms with Gasteiger partial charge in [-0.15, -0.1) is 0 Å². The summed E-state index contributed by atoms with van der Waals surface area (Å²) in [5.74, 6) is -0.0979. The molecule has 0 saturated heterocycles. The van der Waals surface area contributed by atoms with Crippen LogP contribution in [0.3, 0.4) is 0 Å². The van der Waals surface area contributed by atoms with Gasteiger partial charge in [0.05, 0.1) is 25.4 Å². The second kappa shape index (κ2) is 51.7. The van der Waals surface area contributed by atoms with Crippen molar-refractivity contribution in [2.45, 2.75) is 296 Å². The number of esters is 1. The van der Waals surface area contributed by atoms with Crippen LogP contribution in [0.1, 0.15) is 284 Å². The van der Waals surface area contributed by atoms with Crippen molar-refractivity contribution in [1.82, 2.24) is 5.32 Å². The zero-order valence-electron chi connectivity index (χ0n) is 41.4. The SMILES string of the molecule is CCCC/C=C\C/C=C\CCCCCCCC(=O)OCCCCC/C=C\CCCCCCCC(=O)NC(CO)C(O)CCCCCCCCCCCCCCCCCCCCC.